The largest absolute Gasteiger partial charge is 0.497 e. The lowest BCUT2D eigenvalue weighted by atomic mass is 10.0. The van der Waals surface area contributed by atoms with Crippen molar-refractivity contribution in [3.63, 3.8) is 0 Å². The van der Waals surface area contributed by atoms with Crippen LogP contribution in [0.2, 0.25) is 0 Å². The molecule has 0 aliphatic carbocycles. The fourth-order valence-electron chi connectivity index (χ4n) is 2.46. The van der Waals surface area contributed by atoms with Gasteiger partial charge in [0, 0.05) is 13.2 Å². The van der Waals surface area contributed by atoms with Crippen LogP contribution < -0.4 is 4.74 Å². The molecule has 1 amide bonds. The monoisotopic (exact) mass is 265 g/mol. The van der Waals surface area contributed by atoms with Crippen molar-refractivity contribution in [2.24, 2.45) is 0 Å². The Balaban J connectivity index is 2.21. The first-order valence-corrected chi connectivity index (χ1v) is 6.38. The molecule has 0 spiro atoms. The standard InChI is InChI=1S/C14H19NO4/c1-19-12-4-2-10(3-5-12)13(6-7-16)15-9-11(17)8-14(15)18/h2-5,11,13,16-17H,6-9H2,1H3. The van der Waals surface area contributed by atoms with Crippen LogP contribution in [0.5, 0.6) is 5.75 Å². The molecule has 1 aromatic carbocycles. The second-order valence-electron chi connectivity index (χ2n) is 4.71. The van der Waals surface area contributed by atoms with E-state index in [1.165, 1.54) is 0 Å². The Kier molecular flexibility index (Phi) is 4.39. The summed E-state index contributed by atoms with van der Waals surface area (Å²) in [6.45, 7) is 0.325. The van der Waals surface area contributed by atoms with Crippen LogP contribution in [0, 0.1) is 0 Å². The molecule has 1 heterocycles. The highest BCUT2D eigenvalue weighted by atomic mass is 16.5. The first-order chi connectivity index (χ1) is 9.15. The highest BCUT2D eigenvalue weighted by Crippen LogP contribution is 2.29. The predicted octanol–water partition coefficient (Wildman–Crippen LogP) is 0.712. The number of amides is 1. The van der Waals surface area contributed by atoms with Gasteiger partial charge >= 0.3 is 0 Å². The van der Waals surface area contributed by atoms with Crippen LogP contribution in [-0.4, -0.2) is 47.4 Å². The number of benzene rings is 1. The number of aliphatic hydroxyl groups excluding tert-OH is 2. The van der Waals surface area contributed by atoms with Gasteiger partial charge in [0.05, 0.1) is 25.7 Å². The predicted molar refractivity (Wildman–Crippen MR) is 69.8 cm³/mol. The highest BCUT2D eigenvalue weighted by molar-refractivity contribution is 5.79. The van der Waals surface area contributed by atoms with Crippen molar-refractivity contribution in [2.45, 2.75) is 25.0 Å². The van der Waals surface area contributed by atoms with Crippen molar-refractivity contribution < 1.29 is 19.7 Å². The molecule has 5 nitrogen and oxygen atoms in total. The van der Waals surface area contributed by atoms with Crippen LogP contribution in [0.4, 0.5) is 0 Å². The van der Waals surface area contributed by atoms with Crippen LogP contribution in [0.15, 0.2) is 24.3 Å². The lowest BCUT2D eigenvalue weighted by Crippen LogP contribution is -2.31. The number of hydrogen-bond donors (Lipinski definition) is 2. The van der Waals surface area contributed by atoms with Crippen molar-refractivity contribution in [3.05, 3.63) is 29.8 Å². The van der Waals surface area contributed by atoms with E-state index in [-0.39, 0.29) is 25.0 Å². The number of aliphatic hydroxyl groups is 2. The molecule has 2 unspecified atom stereocenters. The quantitative estimate of drug-likeness (QED) is 0.822. The summed E-state index contributed by atoms with van der Waals surface area (Å²) in [5.74, 6) is 0.682. The molecule has 1 aliphatic rings. The highest BCUT2D eigenvalue weighted by Gasteiger charge is 2.33. The minimum atomic E-state index is -0.605. The third-order valence-corrected chi connectivity index (χ3v) is 3.42. The molecule has 104 valence electrons. The van der Waals surface area contributed by atoms with E-state index in [1.54, 1.807) is 12.0 Å². The number of β-amino-alcohol motifs (C(OH)–C–C–N with tert-alkyl or cyclic N) is 1. The fraction of sp³-hybridized carbons (Fsp3) is 0.500. The third kappa shape index (κ3) is 3.05. The Hall–Kier alpha value is -1.59. The average Bonchev–Trinajstić information content (AvgIpc) is 2.75. The normalized spacial score (nSPS) is 20.7. The van der Waals surface area contributed by atoms with Crippen molar-refractivity contribution in [2.75, 3.05) is 20.3 Å². The summed E-state index contributed by atoms with van der Waals surface area (Å²) in [7, 11) is 1.60. The van der Waals surface area contributed by atoms with Gasteiger partial charge in [-0.05, 0) is 24.1 Å². The molecule has 1 aromatic rings. The molecular weight excluding hydrogens is 246 g/mol. The first-order valence-electron chi connectivity index (χ1n) is 6.38. The van der Waals surface area contributed by atoms with Crippen molar-refractivity contribution in [1.82, 2.24) is 4.90 Å². The number of carbonyl (C=O) groups is 1. The van der Waals surface area contributed by atoms with Gasteiger partial charge in [0.1, 0.15) is 5.75 Å². The summed E-state index contributed by atoms with van der Waals surface area (Å²) in [4.78, 5) is 13.5. The SMILES string of the molecule is COc1ccc(C(CCO)N2CC(O)CC2=O)cc1. The Bertz CT molecular complexity index is 432. The minimum absolute atomic E-state index is 0.00340. The number of rotatable bonds is 5. The summed E-state index contributed by atoms with van der Waals surface area (Å²) in [6, 6.07) is 7.24. The molecule has 2 N–H and O–H groups in total. The van der Waals surface area contributed by atoms with E-state index in [4.69, 9.17) is 4.74 Å². The topological polar surface area (TPSA) is 70.0 Å². The van der Waals surface area contributed by atoms with Crippen molar-refractivity contribution in [3.8, 4) is 5.75 Å². The summed E-state index contributed by atoms with van der Waals surface area (Å²) in [5.41, 5.74) is 0.942. The molecule has 0 saturated carbocycles. The van der Waals surface area contributed by atoms with E-state index in [9.17, 15) is 15.0 Å². The van der Waals surface area contributed by atoms with Gasteiger partial charge in [-0.25, -0.2) is 0 Å². The molecular formula is C14H19NO4. The molecule has 0 bridgehead atoms. The summed E-state index contributed by atoms with van der Waals surface area (Å²) >= 11 is 0. The Labute approximate surface area is 112 Å². The van der Waals surface area contributed by atoms with Gasteiger partial charge in [0.25, 0.3) is 0 Å². The Morgan fingerprint density at radius 1 is 1.42 bits per heavy atom. The van der Waals surface area contributed by atoms with E-state index < -0.39 is 6.10 Å². The third-order valence-electron chi connectivity index (χ3n) is 3.42. The zero-order chi connectivity index (χ0) is 13.8. The number of hydrogen-bond acceptors (Lipinski definition) is 4. The Morgan fingerprint density at radius 3 is 2.58 bits per heavy atom. The Morgan fingerprint density at radius 2 is 2.11 bits per heavy atom. The van der Waals surface area contributed by atoms with Gasteiger partial charge in [0.2, 0.25) is 5.91 Å². The van der Waals surface area contributed by atoms with Crippen LogP contribution in [0.25, 0.3) is 0 Å². The molecule has 0 aromatic heterocycles. The molecule has 1 aliphatic heterocycles. The lowest BCUT2D eigenvalue weighted by Gasteiger charge is -2.28. The van der Waals surface area contributed by atoms with Gasteiger partial charge in [0.15, 0.2) is 0 Å². The summed E-state index contributed by atoms with van der Waals surface area (Å²) in [6.07, 6.45) is 0.0232. The molecule has 1 saturated heterocycles. The van der Waals surface area contributed by atoms with Crippen LogP contribution in [-0.2, 0) is 4.79 Å². The fourth-order valence-corrected chi connectivity index (χ4v) is 2.46. The van der Waals surface area contributed by atoms with E-state index in [0.29, 0.717) is 13.0 Å². The smallest absolute Gasteiger partial charge is 0.225 e. The van der Waals surface area contributed by atoms with Gasteiger partial charge < -0.3 is 19.8 Å². The van der Waals surface area contributed by atoms with E-state index in [2.05, 4.69) is 0 Å². The van der Waals surface area contributed by atoms with E-state index >= 15 is 0 Å². The number of nitrogens with zero attached hydrogens (tertiary/aromatic N) is 1. The molecule has 2 atom stereocenters. The average molecular weight is 265 g/mol. The number of likely N-dealkylation sites (tertiary alicyclic amines) is 1. The summed E-state index contributed by atoms with van der Waals surface area (Å²) < 4.78 is 5.10. The zero-order valence-electron chi connectivity index (χ0n) is 11.0. The van der Waals surface area contributed by atoms with E-state index in [1.807, 2.05) is 24.3 Å². The van der Waals surface area contributed by atoms with Gasteiger partial charge in [-0.3, -0.25) is 4.79 Å². The van der Waals surface area contributed by atoms with E-state index in [0.717, 1.165) is 11.3 Å². The minimum Gasteiger partial charge on any atom is -0.497 e. The lowest BCUT2D eigenvalue weighted by molar-refractivity contribution is -0.130. The first kappa shape index (κ1) is 13.8. The molecule has 1 fully saturated rings. The number of methoxy groups -OCH3 is 1. The number of ether oxygens (including phenoxy) is 1. The zero-order valence-corrected chi connectivity index (χ0v) is 11.0. The van der Waals surface area contributed by atoms with Crippen LogP contribution >= 0.6 is 0 Å². The molecule has 0 radical (unpaired) electrons. The molecule has 5 heteroatoms. The second-order valence-corrected chi connectivity index (χ2v) is 4.71. The second kappa shape index (κ2) is 6.04. The maximum atomic E-state index is 11.9. The van der Waals surface area contributed by atoms with Crippen molar-refractivity contribution >= 4 is 5.91 Å². The number of carbonyl (C=O) groups excluding carboxylic acids is 1. The molecule has 2 rings (SSSR count). The maximum absolute atomic E-state index is 11.9. The van der Waals surface area contributed by atoms with Gasteiger partial charge in [-0.2, -0.15) is 0 Å². The molecule has 19 heavy (non-hydrogen) atoms. The van der Waals surface area contributed by atoms with Gasteiger partial charge in [-0.1, -0.05) is 12.1 Å². The van der Waals surface area contributed by atoms with Crippen molar-refractivity contribution in [1.29, 1.82) is 0 Å². The maximum Gasteiger partial charge on any atom is 0.225 e. The van der Waals surface area contributed by atoms with Gasteiger partial charge in [-0.15, -0.1) is 0 Å². The summed E-state index contributed by atoms with van der Waals surface area (Å²) in [5, 5.41) is 18.8. The van der Waals surface area contributed by atoms with Crippen LogP contribution in [0.1, 0.15) is 24.4 Å². The van der Waals surface area contributed by atoms with Crippen LogP contribution in [0.3, 0.4) is 0 Å².